The van der Waals surface area contributed by atoms with Gasteiger partial charge in [0.25, 0.3) is 0 Å². The molecule has 1 aromatic heterocycles. The van der Waals surface area contributed by atoms with E-state index >= 15 is 0 Å². The Morgan fingerprint density at radius 2 is 1.96 bits per heavy atom. The Bertz CT molecular complexity index is 746. The molecule has 1 aromatic rings. The topological polar surface area (TPSA) is 105 Å². The average Bonchev–Trinajstić information content (AvgIpc) is 3.02. The Balaban J connectivity index is 0.00000392. The molecule has 1 fully saturated rings. The number of guanidine groups is 1. The smallest absolute Gasteiger partial charge is 0.357 e. The van der Waals surface area contributed by atoms with Gasteiger partial charge in [0.2, 0.25) is 0 Å². The van der Waals surface area contributed by atoms with Crippen LogP contribution >= 0.6 is 24.0 Å². The summed E-state index contributed by atoms with van der Waals surface area (Å²) in [5.74, 6) is 1.31. The molecule has 2 rings (SSSR count). The van der Waals surface area contributed by atoms with Crippen molar-refractivity contribution in [3.8, 4) is 0 Å². The van der Waals surface area contributed by atoms with Crippen LogP contribution in [0.25, 0.3) is 0 Å². The first kappa shape index (κ1) is 24.9. The molecule has 0 aliphatic carbocycles. The molecular formula is C14H25F3IN7O2S. The molecule has 162 valence electrons. The molecule has 0 amide bonds. The molecule has 2 N–H and O–H groups in total. The van der Waals surface area contributed by atoms with Crippen molar-refractivity contribution in [2.24, 2.45) is 18.0 Å². The third kappa shape index (κ3) is 6.43. The lowest BCUT2D eigenvalue weighted by molar-refractivity contribution is -0.0496. The summed E-state index contributed by atoms with van der Waals surface area (Å²) in [7, 11) is -3.47. The monoisotopic (exact) mass is 539 g/mol. The predicted molar refractivity (Wildman–Crippen MR) is 109 cm³/mol. The van der Waals surface area contributed by atoms with Gasteiger partial charge in [-0.05, 0) is 25.7 Å². The first-order valence-electron chi connectivity index (χ1n) is 8.56. The minimum atomic E-state index is -5.25. The van der Waals surface area contributed by atoms with Crippen LogP contribution in [0.4, 0.5) is 13.2 Å². The fourth-order valence-corrected chi connectivity index (χ4v) is 3.68. The summed E-state index contributed by atoms with van der Waals surface area (Å²) in [6.45, 7) is 3.10. The number of aromatic nitrogens is 3. The number of rotatable bonds is 6. The highest BCUT2D eigenvalue weighted by Gasteiger charge is 2.50. The van der Waals surface area contributed by atoms with E-state index in [0.29, 0.717) is 48.6 Å². The van der Waals surface area contributed by atoms with E-state index in [4.69, 9.17) is 0 Å². The highest BCUT2D eigenvalue weighted by Crippen LogP contribution is 2.30. The summed E-state index contributed by atoms with van der Waals surface area (Å²) in [4.78, 5) is 8.49. The van der Waals surface area contributed by atoms with Gasteiger partial charge in [-0.25, -0.2) is 18.4 Å². The fourth-order valence-electron chi connectivity index (χ4n) is 2.70. The highest BCUT2D eigenvalue weighted by molar-refractivity contribution is 14.0. The molecule has 2 heterocycles. The van der Waals surface area contributed by atoms with E-state index < -0.39 is 15.5 Å². The van der Waals surface area contributed by atoms with Crippen LogP contribution in [0.15, 0.2) is 11.3 Å². The molecule has 1 aliphatic rings. The van der Waals surface area contributed by atoms with Crippen LogP contribution < -0.4 is 10.6 Å². The lowest BCUT2D eigenvalue weighted by Gasteiger charge is -2.31. The van der Waals surface area contributed by atoms with E-state index in [2.05, 4.69) is 25.7 Å². The molecule has 1 aliphatic heterocycles. The maximum Gasteiger partial charge on any atom is 0.511 e. The van der Waals surface area contributed by atoms with Crippen molar-refractivity contribution < 1.29 is 21.6 Å². The van der Waals surface area contributed by atoms with Crippen LogP contribution in [0.1, 0.15) is 25.6 Å². The van der Waals surface area contributed by atoms with Crippen molar-refractivity contribution >= 4 is 40.0 Å². The maximum absolute atomic E-state index is 12.6. The van der Waals surface area contributed by atoms with Gasteiger partial charge in [0, 0.05) is 33.2 Å². The van der Waals surface area contributed by atoms with Gasteiger partial charge in [-0.3, -0.25) is 4.68 Å². The number of halogens is 4. The summed E-state index contributed by atoms with van der Waals surface area (Å²) >= 11 is 0. The second-order valence-electron chi connectivity index (χ2n) is 6.17. The molecule has 14 heteroatoms. The van der Waals surface area contributed by atoms with Gasteiger partial charge >= 0.3 is 15.5 Å². The van der Waals surface area contributed by atoms with Crippen molar-refractivity contribution in [1.82, 2.24) is 29.7 Å². The number of hydrogen-bond acceptors (Lipinski definition) is 5. The molecule has 0 unspecified atom stereocenters. The summed E-state index contributed by atoms with van der Waals surface area (Å²) in [6, 6.07) is 0. The maximum atomic E-state index is 12.6. The molecule has 0 radical (unpaired) electrons. The van der Waals surface area contributed by atoms with Crippen molar-refractivity contribution in [2.75, 3.05) is 26.2 Å². The van der Waals surface area contributed by atoms with E-state index in [1.165, 1.54) is 6.33 Å². The number of aliphatic imine (C=N–C) groups is 1. The molecule has 0 spiro atoms. The summed E-state index contributed by atoms with van der Waals surface area (Å²) in [5.41, 5.74) is -5.25. The minimum Gasteiger partial charge on any atom is -0.357 e. The van der Waals surface area contributed by atoms with Crippen LogP contribution in [0.2, 0.25) is 0 Å². The van der Waals surface area contributed by atoms with E-state index in [9.17, 15) is 21.6 Å². The third-order valence-corrected chi connectivity index (χ3v) is 5.92. The summed E-state index contributed by atoms with van der Waals surface area (Å²) in [5, 5.41) is 10.2. The molecule has 0 bridgehead atoms. The van der Waals surface area contributed by atoms with Crippen molar-refractivity contribution in [3.05, 3.63) is 12.2 Å². The van der Waals surface area contributed by atoms with Gasteiger partial charge in [-0.1, -0.05) is 0 Å². The zero-order valence-corrected chi connectivity index (χ0v) is 18.8. The molecular weight excluding hydrogens is 514 g/mol. The molecule has 1 saturated heterocycles. The number of piperidine rings is 1. The van der Waals surface area contributed by atoms with Crippen molar-refractivity contribution in [3.63, 3.8) is 0 Å². The van der Waals surface area contributed by atoms with E-state index in [0.717, 1.165) is 0 Å². The van der Waals surface area contributed by atoms with Gasteiger partial charge in [0.05, 0.1) is 0 Å². The number of aryl methyl sites for hydroxylation is 1. The third-order valence-electron chi connectivity index (χ3n) is 4.29. The number of alkyl halides is 3. The Labute approximate surface area is 179 Å². The van der Waals surface area contributed by atoms with E-state index in [1.807, 2.05) is 6.92 Å². The fraction of sp³-hybridized carbons (Fsp3) is 0.786. The Morgan fingerprint density at radius 1 is 1.32 bits per heavy atom. The van der Waals surface area contributed by atoms with Crippen LogP contribution in [0.3, 0.4) is 0 Å². The molecule has 28 heavy (non-hydrogen) atoms. The van der Waals surface area contributed by atoms with Crippen molar-refractivity contribution in [1.29, 1.82) is 0 Å². The molecule has 0 aromatic carbocycles. The van der Waals surface area contributed by atoms with Crippen LogP contribution in [0, 0.1) is 5.92 Å². The minimum absolute atomic E-state index is 0. The quantitative estimate of drug-likeness (QED) is 0.318. The van der Waals surface area contributed by atoms with Gasteiger partial charge in [0.1, 0.15) is 18.7 Å². The zero-order valence-electron chi connectivity index (χ0n) is 15.6. The number of sulfonamides is 1. The predicted octanol–water partition coefficient (Wildman–Crippen LogP) is 1.05. The van der Waals surface area contributed by atoms with E-state index in [-0.39, 0.29) is 43.0 Å². The number of hydrogen-bond donors (Lipinski definition) is 2. The molecule has 0 atom stereocenters. The van der Waals surface area contributed by atoms with Gasteiger partial charge in [-0.2, -0.15) is 22.6 Å². The second-order valence-corrected chi connectivity index (χ2v) is 8.10. The van der Waals surface area contributed by atoms with Gasteiger partial charge < -0.3 is 10.6 Å². The lowest BCUT2D eigenvalue weighted by Crippen LogP contribution is -2.47. The second kappa shape index (κ2) is 10.6. The lowest BCUT2D eigenvalue weighted by atomic mass is 9.98. The van der Waals surface area contributed by atoms with Crippen LogP contribution in [-0.2, 0) is 23.6 Å². The zero-order chi connectivity index (χ0) is 20.1. The molecule has 0 saturated carbocycles. The first-order valence-corrected chi connectivity index (χ1v) is 10.0. The van der Waals surface area contributed by atoms with E-state index in [1.54, 1.807) is 11.7 Å². The van der Waals surface area contributed by atoms with Gasteiger partial charge in [0.15, 0.2) is 5.96 Å². The Kier molecular flexibility index (Phi) is 9.39. The molecule has 9 nitrogen and oxygen atoms in total. The van der Waals surface area contributed by atoms with Crippen LogP contribution in [0.5, 0.6) is 0 Å². The van der Waals surface area contributed by atoms with Gasteiger partial charge in [-0.15, -0.1) is 24.0 Å². The standard InChI is InChI=1S/C14H24F3N7O2S.HI/c1-3-18-13(20-9-12-21-10-22-23(12)2)19-8-11-4-6-24(7-5-11)27(25,26)14(15,16)17;/h10-11H,3-9H2,1-2H3,(H2,18,19,20);1H. The summed E-state index contributed by atoms with van der Waals surface area (Å²) in [6.07, 6.45) is 2.14. The highest BCUT2D eigenvalue weighted by atomic mass is 127. The Morgan fingerprint density at radius 3 is 2.46 bits per heavy atom. The average molecular weight is 539 g/mol. The first-order chi connectivity index (χ1) is 12.6. The number of nitrogens with zero attached hydrogens (tertiary/aromatic N) is 5. The Hall–Kier alpha value is -1.16. The normalized spacial score (nSPS) is 17.2. The van der Waals surface area contributed by atoms with Crippen molar-refractivity contribution in [2.45, 2.75) is 31.8 Å². The largest absolute Gasteiger partial charge is 0.511 e. The SMILES string of the molecule is CCNC(=NCc1ncnn1C)NCC1CCN(S(=O)(=O)C(F)(F)F)CC1.I. The van der Waals surface area contributed by atoms with Crippen LogP contribution in [-0.4, -0.2) is 65.1 Å². The summed E-state index contributed by atoms with van der Waals surface area (Å²) < 4.78 is 62.8. The number of nitrogens with one attached hydrogen (secondary N) is 2.